The Morgan fingerprint density at radius 1 is 1.64 bits per heavy atom. The molecule has 0 aliphatic heterocycles. The van der Waals surface area contributed by atoms with Crippen LogP contribution in [0.25, 0.3) is 0 Å². The molecule has 0 aromatic rings. The highest BCUT2D eigenvalue weighted by molar-refractivity contribution is 7.86. The zero-order valence-electron chi connectivity index (χ0n) is 6.27. The van der Waals surface area contributed by atoms with Gasteiger partial charge >= 0.3 is 16.1 Å². The molecule has 0 fully saturated rings. The van der Waals surface area contributed by atoms with E-state index in [1.165, 1.54) is 6.92 Å². The molecule has 6 heteroatoms. The Bertz CT molecular complexity index is 227. The maximum absolute atomic E-state index is 10.5. The van der Waals surface area contributed by atoms with E-state index in [0.29, 0.717) is 0 Å². The topological polar surface area (TPSA) is 80.7 Å². The number of aliphatic hydroxyl groups is 1. The molecule has 0 heterocycles. The highest BCUT2D eigenvalue weighted by atomic mass is 32.2. The van der Waals surface area contributed by atoms with Crippen LogP contribution >= 0.6 is 0 Å². The quantitative estimate of drug-likeness (QED) is 0.581. The molecule has 0 aliphatic carbocycles. The zero-order chi connectivity index (χ0) is 9.07. The van der Waals surface area contributed by atoms with E-state index in [0.717, 1.165) is 6.26 Å². The average Bonchev–Trinajstić information content (AvgIpc) is 1.53. The second-order valence-corrected chi connectivity index (χ2v) is 3.79. The Labute approximate surface area is 65.1 Å². The normalized spacial score (nSPS) is 14.1. The minimum atomic E-state index is -3.73. The fraction of sp³-hybridized carbons (Fsp3) is 0.800. The first-order chi connectivity index (χ1) is 4.81. The lowest BCUT2D eigenvalue weighted by Crippen LogP contribution is -2.16. The lowest BCUT2D eigenvalue weighted by Gasteiger charge is -2.02. The van der Waals surface area contributed by atoms with Crippen LogP contribution in [0.1, 0.15) is 13.3 Å². The average molecular weight is 182 g/mol. The first-order valence-electron chi connectivity index (χ1n) is 2.91. The van der Waals surface area contributed by atoms with Crippen LogP contribution < -0.4 is 0 Å². The van der Waals surface area contributed by atoms with Gasteiger partial charge in [-0.3, -0.25) is 4.79 Å². The predicted octanol–water partition coefficient (Wildman–Crippen LogP) is -0.740. The van der Waals surface area contributed by atoms with E-state index in [4.69, 9.17) is 5.11 Å². The fourth-order valence-corrected chi connectivity index (χ4v) is 0.850. The Hall–Kier alpha value is -0.620. The highest BCUT2D eigenvalue weighted by Crippen LogP contribution is 1.96. The first kappa shape index (κ1) is 10.4. The van der Waals surface area contributed by atoms with Gasteiger partial charge in [0.25, 0.3) is 0 Å². The van der Waals surface area contributed by atoms with Gasteiger partial charge < -0.3 is 9.29 Å². The van der Waals surface area contributed by atoms with E-state index >= 15 is 0 Å². The van der Waals surface area contributed by atoms with Gasteiger partial charge in [-0.25, -0.2) is 0 Å². The number of carbonyl (C=O) groups is 1. The van der Waals surface area contributed by atoms with Crippen LogP contribution in [-0.2, 0) is 19.1 Å². The van der Waals surface area contributed by atoms with Crippen molar-refractivity contribution in [2.45, 2.75) is 19.4 Å². The van der Waals surface area contributed by atoms with Gasteiger partial charge in [-0.1, -0.05) is 0 Å². The van der Waals surface area contributed by atoms with Gasteiger partial charge in [0.2, 0.25) is 0 Å². The van der Waals surface area contributed by atoms with Gasteiger partial charge in [0.15, 0.2) is 0 Å². The van der Waals surface area contributed by atoms with Crippen molar-refractivity contribution in [2.75, 3.05) is 6.26 Å². The van der Waals surface area contributed by atoms with Gasteiger partial charge in [0.05, 0.1) is 18.8 Å². The smallest absolute Gasteiger partial charge is 0.324 e. The Morgan fingerprint density at radius 3 is 2.36 bits per heavy atom. The lowest BCUT2D eigenvalue weighted by atomic mass is 10.3. The standard InChI is InChI=1S/C5H10O5S/c1-4(6)3-5(7)10-11(2,8)9/h4,6H,3H2,1-2H3. The van der Waals surface area contributed by atoms with Gasteiger partial charge in [-0.15, -0.1) is 0 Å². The van der Waals surface area contributed by atoms with E-state index in [-0.39, 0.29) is 6.42 Å². The van der Waals surface area contributed by atoms with Gasteiger partial charge in [-0.05, 0) is 6.92 Å². The van der Waals surface area contributed by atoms with Crippen molar-refractivity contribution in [3.63, 3.8) is 0 Å². The van der Waals surface area contributed by atoms with Gasteiger partial charge in [0, 0.05) is 0 Å². The summed E-state index contributed by atoms with van der Waals surface area (Å²) in [6, 6.07) is 0. The predicted molar refractivity (Wildman–Crippen MR) is 37.2 cm³/mol. The van der Waals surface area contributed by atoms with Crippen LogP contribution in [0.3, 0.4) is 0 Å². The first-order valence-corrected chi connectivity index (χ1v) is 4.73. The molecule has 0 saturated heterocycles. The molecular weight excluding hydrogens is 172 g/mol. The van der Waals surface area contributed by atoms with E-state index in [1.54, 1.807) is 0 Å². The third-order valence-electron chi connectivity index (χ3n) is 0.706. The number of hydrogen-bond donors (Lipinski definition) is 1. The van der Waals surface area contributed by atoms with E-state index in [1.807, 2.05) is 0 Å². The minimum absolute atomic E-state index is 0.312. The summed E-state index contributed by atoms with van der Waals surface area (Å²) in [5.41, 5.74) is 0. The largest absolute Gasteiger partial charge is 0.393 e. The monoisotopic (exact) mass is 182 g/mol. The molecule has 0 bridgehead atoms. The van der Waals surface area contributed by atoms with Crippen molar-refractivity contribution in [2.24, 2.45) is 0 Å². The maximum atomic E-state index is 10.5. The third kappa shape index (κ3) is 7.27. The van der Waals surface area contributed by atoms with Gasteiger partial charge in [-0.2, -0.15) is 8.42 Å². The number of aliphatic hydroxyl groups excluding tert-OH is 1. The highest BCUT2D eigenvalue weighted by Gasteiger charge is 2.12. The molecular formula is C5H10O5S. The Kier molecular flexibility index (Phi) is 3.47. The van der Waals surface area contributed by atoms with Crippen LogP contribution in [0.5, 0.6) is 0 Å². The Balaban J connectivity index is 3.91. The molecule has 0 aliphatic rings. The van der Waals surface area contributed by atoms with Crippen molar-refractivity contribution in [3.05, 3.63) is 0 Å². The molecule has 0 amide bonds. The SMILES string of the molecule is CC(O)CC(=O)OS(C)(=O)=O. The van der Waals surface area contributed by atoms with Gasteiger partial charge in [0.1, 0.15) is 0 Å². The van der Waals surface area contributed by atoms with Crippen molar-refractivity contribution < 1.29 is 22.5 Å². The summed E-state index contributed by atoms with van der Waals surface area (Å²) in [5.74, 6) is -0.942. The van der Waals surface area contributed by atoms with Crippen LogP contribution in [0, 0.1) is 0 Å². The summed E-state index contributed by atoms with van der Waals surface area (Å²) in [6.07, 6.45) is -0.427. The summed E-state index contributed by atoms with van der Waals surface area (Å²) >= 11 is 0. The summed E-state index contributed by atoms with van der Waals surface area (Å²) in [5, 5.41) is 8.62. The lowest BCUT2D eigenvalue weighted by molar-refractivity contribution is -0.135. The molecule has 0 saturated carbocycles. The van der Waals surface area contributed by atoms with Crippen molar-refractivity contribution >= 4 is 16.1 Å². The molecule has 0 rings (SSSR count). The molecule has 1 N–H and O–H groups in total. The van der Waals surface area contributed by atoms with Crippen molar-refractivity contribution in [1.29, 1.82) is 0 Å². The molecule has 0 spiro atoms. The molecule has 1 atom stereocenters. The molecule has 1 unspecified atom stereocenters. The summed E-state index contributed by atoms with van der Waals surface area (Å²) in [4.78, 5) is 10.5. The molecule has 66 valence electrons. The third-order valence-corrected chi connectivity index (χ3v) is 1.20. The van der Waals surface area contributed by atoms with Crippen LogP contribution in [0.4, 0.5) is 0 Å². The Morgan fingerprint density at radius 2 is 2.09 bits per heavy atom. The van der Waals surface area contributed by atoms with E-state index in [2.05, 4.69) is 4.18 Å². The van der Waals surface area contributed by atoms with E-state index in [9.17, 15) is 13.2 Å². The second kappa shape index (κ2) is 3.68. The number of carbonyl (C=O) groups excluding carboxylic acids is 1. The van der Waals surface area contributed by atoms with Crippen molar-refractivity contribution in [1.82, 2.24) is 0 Å². The van der Waals surface area contributed by atoms with Crippen LogP contribution in [0.2, 0.25) is 0 Å². The molecule has 5 nitrogen and oxygen atoms in total. The summed E-state index contributed by atoms with van der Waals surface area (Å²) < 4.78 is 24.5. The number of rotatable bonds is 3. The summed E-state index contributed by atoms with van der Waals surface area (Å²) in [7, 11) is -3.73. The van der Waals surface area contributed by atoms with E-state index < -0.39 is 22.2 Å². The number of hydrogen-bond acceptors (Lipinski definition) is 5. The zero-order valence-corrected chi connectivity index (χ0v) is 7.09. The fourth-order valence-electron chi connectivity index (χ4n) is 0.444. The van der Waals surface area contributed by atoms with Crippen LogP contribution in [-0.4, -0.2) is 31.9 Å². The molecule has 11 heavy (non-hydrogen) atoms. The molecule has 0 aromatic carbocycles. The van der Waals surface area contributed by atoms with Crippen LogP contribution in [0.15, 0.2) is 0 Å². The minimum Gasteiger partial charge on any atom is -0.393 e. The maximum Gasteiger partial charge on any atom is 0.324 e. The van der Waals surface area contributed by atoms with Crippen molar-refractivity contribution in [3.8, 4) is 0 Å². The summed E-state index contributed by atoms with van der Waals surface area (Å²) in [6.45, 7) is 1.36. The second-order valence-electron chi connectivity index (χ2n) is 2.21. The molecule has 0 aromatic heterocycles. The molecule has 0 radical (unpaired) electrons.